The Morgan fingerprint density at radius 2 is 1.83 bits per heavy atom. The molecule has 1 atom stereocenters. The third kappa shape index (κ3) is 3.97. The van der Waals surface area contributed by atoms with Gasteiger partial charge in [0.05, 0.1) is 12.2 Å². The van der Waals surface area contributed by atoms with E-state index in [1.165, 1.54) is 0 Å². The Hall–Kier alpha value is -1.78. The summed E-state index contributed by atoms with van der Waals surface area (Å²) in [7, 11) is -1.63. The number of nitrogens with zero attached hydrogens (tertiary/aromatic N) is 5. The summed E-state index contributed by atoms with van der Waals surface area (Å²) in [4.78, 5) is 23.0. The fourth-order valence-electron chi connectivity index (χ4n) is 4.53. The first-order chi connectivity index (χ1) is 13.9. The lowest BCUT2D eigenvalue weighted by atomic mass is 10.0. The Morgan fingerprint density at radius 3 is 2.48 bits per heavy atom. The summed E-state index contributed by atoms with van der Waals surface area (Å²) in [5.74, 6) is 1.64. The number of amides is 1. The molecular formula is C19H30N6O3S. The van der Waals surface area contributed by atoms with Crippen molar-refractivity contribution in [1.82, 2.24) is 23.5 Å². The standard InChI is InChI=1S/C19H30N6O3S/c1-14(26)23-10-6-15(12-23)18-21-17-13-25(11-7-16(17)19(20-2)22-18)29(27,28)24-8-4-3-5-9-24/h15H,3-13H2,1-2H3,(H,20,21,22)/t15-/m1/s1. The molecule has 4 rings (SSSR count). The van der Waals surface area contributed by atoms with Gasteiger partial charge in [-0.05, 0) is 25.7 Å². The first-order valence-electron chi connectivity index (χ1n) is 10.5. The minimum absolute atomic E-state index is 0.0677. The maximum Gasteiger partial charge on any atom is 0.282 e. The largest absolute Gasteiger partial charge is 0.373 e. The quantitative estimate of drug-likeness (QED) is 0.776. The predicted molar refractivity (Wildman–Crippen MR) is 110 cm³/mol. The molecule has 1 N–H and O–H groups in total. The van der Waals surface area contributed by atoms with Gasteiger partial charge in [-0.15, -0.1) is 0 Å². The van der Waals surface area contributed by atoms with Crippen LogP contribution in [0.5, 0.6) is 0 Å². The number of likely N-dealkylation sites (tertiary alicyclic amines) is 1. The van der Waals surface area contributed by atoms with Crippen molar-refractivity contribution in [3.8, 4) is 0 Å². The molecule has 1 aromatic rings. The van der Waals surface area contributed by atoms with Crippen LogP contribution in [0.1, 0.15) is 55.6 Å². The fourth-order valence-corrected chi connectivity index (χ4v) is 6.18. The molecule has 160 valence electrons. The smallest absolute Gasteiger partial charge is 0.282 e. The van der Waals surface area contributed by atoms with Gasteiger partial charge in [-0.1, -0.05) is 6.42 Å². The zero-order valence-corrected chi connectivity index (χ0v) is 18.0. The summed E-state index contributed by atoms with van der Waals surface area (Å²) >= 11 is 0. The minimum atomic E-state index is -3.47. The highest BCUT2D eigenvalue weighted by Gasteiger charge is 2.35. The average Bonchev–Trinajstić information content (AvgIpc) is 3.24. The topological polar surface area (TPSA) is 98.7 Å². The second-order valence-electron chi connectivity index (χ2n) is 8.11. The molecule has 3 aliphatic rings. The lowest BCUT2D eigenvalue weighted by molar-refractivity contribution is -0.127. The number of piperidine rings is 1. The minimum Gasteiger partial charge on any atom is -0.373 e. The van der Waals surface area contributed by atoms with E-state index in [2.05, 4.69) is 5.32 Å². The molecule has 3 aliphatic heterocycles. The van der Waals surface area contributed by atoms with Gasteiger partial charge in [0, 0.05) is 58.2 Å². The van der Waals surface area contributed by atoms with E-state index in [0.29, 0.717) is 45.0 Å². The highest BCUT2D eigenvalue weighted by Crippen LogP contribution is 2.31. The van der Waals surface area contributed by atoms with Crippen LogP contribution in [0.25, 0.3) is 0 Å². The van der Waals surface area contributed by atoms with Gasteiger partial charge < -0.3 is 10.2 Å². The summed E-state index contributed by atoms with van der Waals surface area (Å²) in [6.07, 6.45) is 4.37. The monoisotopic (exact) mass is 422 g/mol. The zero-order valence-electron chi connectivity index (χ0n) is 17.2. The summed E-state index contributed by atoms with van der Waals surface area (Å²) in [6.45, 7) is 4.85. The van der Waals surface area contributed by atoms with Crippen molar-refractivity contribution in [3.63, 3.8) is 0 Å². The van der Waals surface area contributed by atoms with E-state index in [1.54, 1.807) is 15.5 Å². The molecule has 4 heterocycles. The van der Waals surface area contributed by atoms with Gasteiger partial charge in [-0.3, -0.25) is 4.79 Å². The summed E-state index contributed by atoms with van der Waals surface area (Å²) in [6, 6.07) is 0. The van der Waals surface area contributed by atoms with E-state index in [1.807, 2.05) is 11.9 Å². The number of carbonyl (C=O) groups excluding carboxylic acids is 1. The van der Waals surface area contributed by atoms with Gasteiger partial charge in [0.1, 0.15) is 11.6 Å². The van der Waals surface area contributed by atoms with E-state index in [0.717, 1.165) is 42.8 Å². The normalized spacial score (nSPS) is 23.8. The van der Waals surface area contributed by atoms with E-state index in [4.69, 9.17) is 9.97 Å². The van der Waals surface area contributed by atoms with E-state index < -0.39 is 10.2 Å². The van der Waals surface area contributed by atoms with Crippen molar-refractivity contribution in [1.29, 1.82) is 0 Å². The summed E-state index contributed by atoms with van der Waals surface area (Å²) in [5.41, 5.74) is 1.79. The number of fused-ring (bicyclic) bond motifs is 1. The van der Waals surface area contributed by atoms with Crippen LogP contribution < -0.4 is 5.32 Å². The van der Waals surface area contributed by atoms with Crippen LogP contribution in [0.2, 0.25) is 0 Å². The summed E-state index contributed by atoms with van der Waals surface area (Å²) < 4.78 is 29.4. The Labute approximate surface area is 172 Å². The van der Waals surface area contributed by atoms with Crippen LogP contribution in [0.3, 0.4) is 0 Å². The van der Waals surface area contributed by atoms with Gasteiger partial charge in [-0.2, -0.15) is 17.0 Å². The molecule has 1 amide bonds. The maximum atomic E-state index is 13.1. The number of anilines is 1. The first kappa shape index (κ1) is 20.5. The van der Waals surface area contributed by atoms with E-state index in [9.17, 15) is 13.2 Å². The molecule has 9 nitrogen and oxygen atoms in total. The first-order valence-corrected chi connectivity index (χ1v) is 11.9. The van der Waals surface area contributed by atoms with Crippen LogP contribution in [-0.4, -0.2) is 77.6 Å². The van der Waals surface area contributed by atoms with Gasteiger partial charge >= 0.3 is 0 Å². The Balaban J connectivity index is 1.59. The lowest BCUT2D eigenvalue weighted by Crippen LogP contribution is -2.47. The Morgan fingerprint density at radius 1 is 1.07 bits per heavy atom. The van der Waals surface area contributed by atoms with Crippen molar-refractivity contribution >= 4 is 21.9 Å². The molecular weight excluding hydrogens is 392 g/mol. The number of rotatable bonds is 4. The van der Waals surface area contributed by atoms with Crippen molar-refractivity contribution in [2.75, 3.05) is 45.1 Å². The molecule has 10 heteroatoms. The van der Waals surface area contributed by atoms with Crippen molar-refractivity contribution in [2.45, 2.75) is 51.5 Å². The molecule has 0 radical (unpaired) electrons. The van der Waals surface area contributed by atoms with Crippen molar-refractivity contribution in [2.24, 2.45) is 0 Å². The molecule has 0 bridgehead atoms. The molecule has 29 heavy (non-hydrogen) atoms. The number of nitrogens with one attached hydrogen (secondary N) is 1. The molecule has 0 spiro atoms. The number of hydrogen-bond donors (Lipinski definition) is 1. The average molecular weight is 423 g/mol. The van der Waals surface area contributed by atoms with Crippen LogP contribution in [-0.2, 0) is 28.0 Å². The fraction of sp³-hybridized carbons (Fsp3) is 0.737. The highest BCUT2D eigenvalue weighted by atomic mass is 32.2. The Bertz CT molecular complexity index is 884. The highest BCUT2D eigenvalue weighted by molar-refractivity contribution is 7.86. The molecule has 0 aromatic carbocycles. The van der Waals surface area contributed by atoms with Gasteiger partial charge in [0.25, 0.3) is 10.2 Å². The SMILES string of the molecule is CNc1nc([C@@H]2CCN(C(C)=O)C2)nc2c1CCN(S(=O)(=O)N1CCCCC1)C2. The van der Waals surface area contributed by atoms with Crippen LogP contribution in [0.15, 0.2) is 0 Å². The van der Waals surface area contributed by atoms with Gasteiger partial charge in [0.15, 0.2) is 0 Å². The molecule has 2 fully saturated rings. The van der Waals surface area contributed by atoms with Crippen LogP contribution >= 0.6 is 0 Å². The van der Waals surface area contributed by atoms with Gasteiger partial charge in [-0.25, -0.2) is 9.97 Å². The predicted octanol–water partition coefficient (Wildman–Crippen LogP) is 0.943. The number of carbonyl (C=O) groups is 1. The zero-order chi connectivity index (χ0) is 20.6. The molecule has 0 aliphatic carbocycles. The van der Waals surface area contributed by atoms with Crippen molar-refractivity contribution < 1.29 is 13.2 Å². The lowest BCUT2D eigenvalue weighted by Gasteiger charge is -2.34. The second-order valence-corrected chi connectivity index (χ2v) is 10.0. The number of hydrogen-bond acceptors (Lipinski definition) is 6. The number of aromatic nitrogens is 2. The maximum absolute atomic E-state index is 13.1. The summed E-state index contributed by atoms with van der Waals surface area (Å²) in [5, 5.41) is 3.16. The van der Waals surface area contributed by atoms with Crippen LogP contribution in [0.4, 0.5) is 5.82 Å². The molecule has 1 aromatic heterocycles. The van der Waals surface area contributed by atoms with Gasteiger partial charge in [0.2, 0.25) is 5.91 Å². The van der Waals surface area contributed by atoms with Crippen molar-refractivity contribution in [3.05, 3.63) is 17.1 Å². The molecule has 2 saturated heterocycles. The van der Waals surface area contributed by atoms with Crippen LogP contribution in [0, 0.1) is 0 Å². The Kier molecular flexibility index (Phi) is 5.76. The third-order valence-electron chi connectivity index (χ3n) is 6.25. The van der Waals surface area contributed by atoms with E-state index in [-0.39, 0.29) is 18.4 Å². The third-order valence-corrected chi connectivity index (χ3v) is 8.23. The molecule has 0 saturated carbocycles. The second kappa shape index (κ2) is 8.16. The molecule has 0 unspecified atom stereocenters. The van der Waals surface area contributed by atoms with E-state index >= 15 is 0 Å².